The largest absolute Gasteiger partial charge is 0.481 e. The molecular weight excluding hydrogens is 470 g/mol. The van der Waals surface area contributed by atoms with Gasteiger partial charge in [0.05, 0.1) is 12.5 Å². The van der Waals surface area contributed by atoms with Crippen LogP contribution in [0.4, 0.5) is 11.4 Å². The van der Waals surface area contributed by atoms with Crippen LogP contribution in [0.2, 0.25) is 0 Å². The lowest BCUT2D eigenvalue weighted by atomic mass is 10.0. The monoisotopic (exact) mass is 497 g/mol. The van der Waals surface area contributed by atoms with E-state index in [0.29, 0.717) is 29.3 Å². The molecule has 37 heavy (non-hydrogen) atoms. The number of aliphatic imine (C=N–C) groups is 1. The summed E-state index contributed by atoms with van der Waals surface area (Å²) in [6.45, 7) is 1.91. The van der Waals surface area contributed by atoms with Gasteiger partial charge in [0.25, 0.3) is 11.8 Å². The molecule has 0 spiro atoms. The molecule has 0 saturated heterocycles. The van der Waals surface area contributed by atoms with Gasteiger partial charge < -0.3 is 26.0 Å². The van der Waals surface area contributed by atoms with E-state index in [-0.39, 0.29) is 18.2 Å². The quantitative estimate of drug-likeness (QED) is 0.393. The van der Waals surface area contributed by atoms with Crippen LogP contribution in [-0.4, -0.2) is 46.8 Å². The van der Waals surface area contributed by atoms with Crippen LogP contribution >= 0.6 is 0 Å². The summed E-state index contributed by atoms with van der Waals surface area (Å²) in [5, 5.41) is 18.7. The molecule has 1 unspecified atom stereocenters. The first-order valence-corrected chi connectivity index (χ1v) is 12.2. The van der Waals surface area contributed by atoms with Crippen LogP contribution in [0.15, 0.2) is 77.8 Å². The minimum Gasteiger partial charge on any atom is -0.481 e. The molecule has 2 aliphatic heterocycles. The molecule has 0 radical (unpaired) electrons. The van der Waals surface area contributed by atoms with E-state index in [9.17, 15) is 19.5 Å². The maximum atomic E-state index is 13.3. The van der Waals surface area contributed by atoms with E-state index < -0.39 is 12.0 Å². The van der Waals surface area contributed by atoms with Gasteiger partial charge in [-0.2, -0.15) is 0 Å². The Kier molecular flexibility index (Phi) is 6.85. The molecule has 188 valence electrons. The summed E-state index contributed by atoms with van der Waals surface area (Å²) in [5.74, 6) is -0.860. The lowest BCUT2D eigenvalue weighted by Gasteiger charge is -2.27. The number of benzene rings is 3. The first-order chi connectivity index (χ1) is 18.0. The van der Waals surface area contributed by atoms with Crippen molar-refractivity contribution in [2.24, 2.45) is 4.99 Å². The van der Waals surface area contributed by atoms with Gasteiger partial charge in [0.2, 0.25) is 0 Å². The number of rotatable bonds is 7. The SMILES string of the molecule is O=C(O)CC(c1ccccc1)N1Cc2ccc(NC(=O)c3cccc(NC4=NCCCN4)c3)cc2C1=O. The molecule has 2 heterocycles. The highest BCUT2D eigenvalue weighted by Crippen LogP contribution is 2.34. The molecule has 0 aromatic heterocycles. The number of carboxylic acids is 1. The Morgan fingerprint density at radius 2 is 1.86 bits per heavy atom. The van der Waals surface area contributed by atoms with Gasteiger partial charge in [-0.05, 0) is 47.9 Å². The number of carbonyl (C=O) groups is 3. The third-order valence-electron chi connectivity index (χ3n) is 6.41. The number of anilines is 2. The minimum atomic E-state index is -0.978. The minimum absolute atomic E-state index is 0.195. The number of aliphatic carboxylic acids is 1. The molecule has 0 bridgehead atoms. The Labute approximate surface area is 214 Å². The van der Waals surface area contributed by atoms with Crippen LogP contribution in [0, 0.1) is 0 Å². The molecule has 0 aliphatic carbocycles. The maximum absolute atomic E-state index is 13.3. The number of guanidine groups is 1. The Bertz CT molecular complexity index is 1370. The summed E-state index contributed by atoms with van der Waals surface area (Å²) < 4.78 is 0. The van der Waals surface area contributed by atoms with Crippen molar-refractivity contribution in [2.45, 2.75) is 25.4 Å². The summed E-state index contributed by atoms with van der Waals surface area (Å²) >= 11 is 0. The lowest BCUT2D eigenvalue weighted by Crippen LogP contribution is -2.35. The highest BCUT2D eigenvalue weighted by atomic mass is 16.4. The number of fused-ring (bicyclic) bond motifs is 1. The van der Waals surface area contributed by atoms with Crippen molar-refractivity contribution in [3.63, 3.8) is 0 Å². The predicted octanol–water partition coefficient (Wildman–Crippen LogP) is 3.87. The number of hydrogen-bond acceptors (Lipinski definition) is 6. The van der Waals surface area contributed by atoms with Crippen molar-refractivity contribution in [3.8, 4) is 0 Å². The average molecular weight is 498 g/mol. The zero-order chi connectivity index (χ0) is 25.8. The standard InChI is InChI=1S/C28H27N5O4/c34-25(35)16-24(18-6-2-1-3-7-18)33-17-20-10-11-22(15-23(20)27(33)37)31-26(36)19-8-4-9-21(14-19)32-28-29-12-5-13-30-28/h1-4,6-11,14-15,24H,5,12-13,16-17H2,(H,31,36)(H,34,35)(H2,29,30,32). The van der Waals surface area contributed by atoms with Crippen molar-refractivity contribution in [3.05, 3.63) is 95.1 Å². The van der Waals surface area contributed by atoms with Crippen molar-refractivity contribution in [1.82, 2.24) is 10.2 Å². The molecule has 3 aromatic rings. The summed E-state index contributed by atoms with van der Waals surface area (Å²) in [7, 11) is 0. The Balaban J connectivity index is 1.31. The van der Waals surface area contributed by atoms with Gasteiger partial charge in [0.15, 0.2) is 5.96 Å². The fraction of sp³-hybridized carbons (Fsp3) is 0.214. The number of carbonyl (C=O) groups excluding carboxylic acids is 2. The van der Waals surface area contributed by atoms with E-state index in [4.69, 9.17) is 0 Å². The second-order valence-corrected chi connectivity index (χ2v) is 9.00. The van der Waals surface area contributed by atoms with Crippen LogP contribution in [0.5, 0.6) is 0 Å². The van der Waals surface area contributed by atoms with Crippen LogP contribution in [0.25, 0.3) is 0 Å². The molecule has 2 aliphatic rings. The van der Waals surface area contributed by atoms with Crippen LogP contribution in [-0.2, 0) is 11.3 Å². The van der Waals surface area contributed by atoms with Gasteiger partial charge in [-0.25, -0.2) is 0 Å². The number of hydrogen-bond donors (Lipinski definition) is 4. The first-order valence-electron chi connectivity index (χ1n) is 12.2. The third kappa shape index (κ3) is 5.45. The van der Waals surface area contributed by atoms with E-state index in [1.54, 1.807) is 41.3 Å². The smallest absolute Gasteiger partial charge is 0.305 e. The summed E-state index contributed by atoms with van der Waals surface area (Å²) in [5.41, 5.74) is 3.71. The highest BCUT2D eigenvalue weighted by molar-refractivity contribution is 6.07. The molecular formula is C28H27N5O4. The Morgan fingerprint density at radius 3 is 2.62 bits per heavy atom. The summed E-state index contributed by atoms with van der Waals surface area (Å²) in [6, 6.07) is 20.9. The maximum Gasteiger partial charge on any atom is 0.305 e. The van der Waals surface area contributed by atoms with Crippen molar-refractivity contribution >= 4 is 35.1 Å². The summed E-state index contributed by atoms with van der Waals surface area (Å²) in [6.07, 6.45) is 0.792. The molecule has 4 N–H and O–H groups in total. The topological polar surface area (TPSA) is 123 Å². The van der Waals surface area contributed by atoms with Crippen molar-refractivity contribution in [2.75, 3.05) is 23.7 Å². The molecule has 3 aromatic carbocycles. The second-order valence-electron chi connectivity index (χ2n) is 9.00. The second kappa shape index (κ2) is 10.5. The van der Waals surface area contributed by atoms with E-state index >= 15 is 0 Å². The van der Waals surface area contributed by atoms with Gasteiger partial charge in [-0.15, -0.1) is 0 Å². The normalized spacial score (nSPS) is 15.3. The Morgan fingerprint density at radius 1 is 1.03 bits per heavy atom. The summed E-state index contributed by atoms with van der Waals surface area (Å²) in [4.78, 5) is 43.8. The molecule has 0 fully saturated rings. The zero-order valence-electron chi connectivity index (χ0n) is 20.1. The fourth-order valence-corrected chi connectivity index (χ4v) is 4.60. The van der Waals surface area contributed by atoms with Crippen LogP contribution in [0.1, 0.15) is 50.7 Å². The highest BCUT2D eigenvalue weighted by Gasteiger charge is 2.34. The first kappa shape index (κ1) is 24.1. The number of amides is 2. The van der Waals surface area contributed by atoms with Gasteiger partial charge in [0.1, 0.15) is 0 Å². The van der Waals surface area contributed by atoms with Gasteiger partial charge in [-0.3, -0.25) is 19.4 Å². The van der Waals surface area contributed by atoms with E-state index in [1.165, 1.54) is 0 Å². The van der Waals surface area contributed by atoms with Gasteiger partial charge in [-0.1, -0.05) is 42.5 Å². The third-order valence-corrected chi connectivity index (χ3v) is 6.41. The molecule has 2 amide bonds. The molecule has 1 atom stereocenters. The predicted molar refractivity (Wildman–Crippen MR) is 141 cm³/mol. The van der Waals surface area contributed by atoms with E-state index in [0.717, 1.165) is 36.3 Å². The Hall–Kier alpha value is -4.66. The lowest BCUT2D eigenvalue weighted by molar-refractivity contribution is -0.138. The number of nitrogens with zero attached hydrogens (tertiary/aromatic N) is 2. The molecule has 0 saturated carbocycles. The average Bonchev–Trinajstić information content (AvgIpc) is 3.24. The number of carboxylic acid groups (broad SMARTS) is 1. The van der Waals surface area contributed by atoms with Gasteiger partial charge in [0, 0.05) is 42.1 Å². The fourth-order valence-electron chi connectivity index (χ4n) is 4.60. The molecule has 9 nitrogen and oxygen atoms in total. The molecule has 5 rings (SSSR count). The van der Waals surface area contributed by atoms with Crippen molar-refractivity contribution < 1.29 is 19.5 Å². The molecule has 9 heteroatoms. The number of nitrogens with one attached hydrogen (secondary N) is 3. The van der Waals surface area contributed by atoms with Crippen molar-refractivity contribution in [1.29, 1.82) is 0 Å². The van der Waals surface area contributed by atoms with E-state index in [2.05, 4.69) is 20.9 Å². The van der Waals surface area contributed by atoms with Crippen LogP contribution < -0.4 is 16.0 Å². The zero-order valence-corrected chi connectivity index (χ0v) is 20.1. The van der Waals surface area contributed by atoms with E-state index in [1.807, 2.05) is 36.4 Å². The van der Waals surface area contributed by atoms with Crippen LogP contribution in [0.3, 0.4) is 0 Å². The van der Waals surface area contributed by atoms with Gasteiger partial charge >= 0.3 is 5.97 Å².